The summed E-state index contributed by atoms with van der Waals surface area (Å²) in [5.41, 5.74) is 0. The summed E-state index contributed by atoms with van der Waals surface area (Å²) >= 11 is 0. The van der Waals surface area contributed by atoms with Crippen LogP contribution in [0, 0.1) is 17.2 Å². The molecule has 1 aliphatic heterocycles. The molecule has 1 fully saturated rings. The highest BCUT2D eigenvalue weighted by atomic mass is 16.4. The maximum Gasteiger partial charge on any atom is 0.307 e. The van der Waals surface area contributed by atoms with Crippen LogP contribution in [0.25, 0.3) is 0 Å². The molecule has 15 heavy (non-hydrogen) atoms. The Labute approximate surface area is 89.7 Å². The topological polar surface area (TPSA) is 76.4 Å². The van der Waals surface area contributed by atoms with E-state index >= 15 is 0 Å². The Hall–Kier alpha value is -1.12. The quantitative estimate of drug-likeness (QED) is 0.681. The van der Waals surface area contributed by atoms with Crippen LogP contribution in [-0.2, 0) is 4.79 Å². The van der Waals surface area contributed by atoms with E-state index in [4.69, 9.17) is 10.4 Å². The van der Waals surface area contributed by atoms with Crippen LogP contribution in [0.4, 0.5) is 0 Å². The van der Waals surface area contributed by atoms with Gasteiger partial charge in [0.25, 0.3) is 0 Å². The van der Waals surface area contributed by atoms with E-state index in [1.165, 1.54) is 0 Å². The number of nitrogens with one attached hydrogen (secondary N) is 1. The lowest BCUT2D eigenvalue weighted by Crippen LogP contribution is -2.56. The average Bonchev–Trinajstić information content (AvgIpc) is 2.26. The second-order valence-corrected chi connectivity index (χ2v) is 3.95. The summed E-state index contributed by atoms with van der Waals surface area (Å²) in [5, 5.41) is 21.0. The molecule has 0 bridgehead atoms. The van der Waals surface area contributed by atoms with Crippen molar-refractivity contribution in [2.24, 2.45) is 5.92 Å². The highest BCUT2D eigenvalue weighted by Crippen LogP contribution is 2.15. The van der Waals surface area contributed by atoms with Gasteiger partial charge in [-0.15, -0.1) is 0 Å². The molecule has 5 nitrogen and oxygen atoms in total. The lowest BCUT2D eigenvalue weighted by molar-refractivity contribution is -0.143. The van der Waals surface area contributed by atoms with Gasteiger partial charge in [0.05, 0.1) is 12.0 Å². The molecule has 0 spiro atoms. The molecule has 0 radical (unpaired) electrons. The predicted octanol–water partition coefficient (Wildman–Crippen LogP) is -0.107. The van der Waals surface area contributed by atoms with Gasteiger partial charge >= 0.3 is 5.97 Å². The van der Waals surface area contributed by atoms with Crippen LogP contribution >= 0.6 is 0 Å². The van der Waals surface area contributed by atoms with Gasteiger partial charge in [0.15, 0.2) is 0 Å². The summed E-state index contributed by atoms with van der Waals surface area (Å²) in [6.07, 6.45) is 0. The number of carboxylic acid groups (broad SMARTS) is 1. The zero-order valence-corrected chi connectivity index (χ0v) is 9.10. The number of nitriles is 1. The summed E-state index contributed by atoms with van der Waals surface area (Å²) in [6, 6.07) is 1.88. The van der Waals surface area contributed by atoms with Crippen LogP contribution < -0.4 is 5.32 Å². The van der Waals surface area contributed by atoms with E-state index in [9.17, 15) is 4.79 Å². The van der Waals surface area contributed by atoms with Crippen molar-refractivity contribution in [2.45, 2.75) is 25.9 Å². The van der Waals surface area contributed by atoms with E-state index in [0.29, 0.717) is 6.54 Å². The first-order chi connectivity index (χ1) is 7.07. The van der Waals surface area contributed by atoms with Crippen molar-refractivity contribution < 1.29 is 9.90 Å². The van der Waals surface area contributed by atoms with E-state index in [1.54, 1.807) is 6.92 Å². The van der Waals surface area contributed by atoms with E-state index in [2.05, 4.69) is 11.4 Å². The van der Waals surface area contributed by atoms with Gasteiger partial charge in [0, 0.05) is 25.7 Å². The van der Waals surface area contributed by atoms with Crippen molar-refractivity contribution in [3.8, 4) is 6.07 Å². The van der Waals surface area contributed by atoms with Crippen LogP contribution in [0.3, 0.4) is 0 Å². The molecule has 3 unspecified atom stereocenters. The van der Waals surface area contributed by atoms with Crippen LogP contribution in [0.1, 0.15) is 13.8 Å². The van der Waals surface area contributed by atoms with Gasteiger partial charge in [0.2, 0.25) is 0 Å². The fraction of sp³-hybridized carbons (Fsp3) is 0.800. The lowest BCUT2D eigenvalue weighted by atomic mass is 9.99. The Kier molecular flexibility index (Phi) is 4.06. The average molecular weight is 211 g/mol. The standard InChI is InChI=1S/C10H17N3O2/c1-7(10(14)15)8(2)13-4-3-12-6-9(13)5-11/h7-9,12H,3-4,6H2,1-2H3,(H,14,15). The first-order valence-corrected chi connectivity index (χ1v) is 5.16. The second-order valence-electron chi connectivity index (χ2n) is 3.95. The number of carbonyl (C=O) groups is 1. The molecule has 2 N–H and O–H groups in total. The lowest BCUT2D eigenvalue weighted by Gasteiger charge is -2.38. The Morgan fingerprint density at radius 1 is 1.67 bits per heavy atom. The highest BCUT2D eigenvalue weighted by molar-refractivity contribution is 5.70. The number of piperazine rings is 1. The van der Waals surface area contributed by atoms with Crippen molar-refractivity contribution in [3.63, 3.8) is 0 Å². The van der Waals surface area contributed by atoms with E-state index in [-0.39, 0.29) is 12.1 Å². The minimum Gasteiger partial charge on any atom is -0.481 e. The third-order valence-corrected chi connectivity index (χ3v) is 3.07. The van der Waals surface area contributed by atoms with Crippen LogP contribution in [0.2, 0.25) is 0 Å². The molecule has 1 aliphatic rings. The maximum absolute atomic E-state index is 10.9. The molecule has 0 aromatic heterocycles. The summed E-state index contributed by atoms with van der Waals surface area (Å²) in [7, 11) is 0. The van der Waals surface area contributed by atoms with Crippen molar-refractivity contribution in [1.82, 2.24) is 10.2 Å². The molecule has 1 heterocycles. The second kappa shape index (κ2) is 5.10. The highest BCUT2D eigenvalue weighted by Gasteiger charge is 2.31. The summed E-state index contributed by atoms with van der Waals surface area (Å²) < 4.78 is 0. The zero-order chi connectivity index (χ0) is 11.4. The summed E-state index contributed by atoms with van der Waals surface area (Å²) in [6.45, 7) is 5.72. The molecule has 0 aliphatic carbocycles. The van der Waals surface area contributed by atoms with Gasteiger partial charge in [-0.05, 0) is 6.92 Å². The van der Waals surface area contributed by atoms with E-state index < -0.39 is 11.9 Å². The Morgan fingerprint density at radius 2 is 2.33 bits per heavy atom. The molecule has 84 valence electrons. The third kappa shape index (κ3) is 2.67. The summed E-state index contributed by atoms with van der Waals surface area (Å²) in [5.74, 6) is -1.25. The number of hydrogen-bond donors (Lipinski definition) is 2. The monoisotopic (exact) mass is 211 g/mol. The van der Waals surface area contributed by atoms with Crippen LogP contribution in [0.5, 0.6) is 0 Å². The largest absolute Gasteiger partial charge is 0.481 e. The summed E-state index contributed by atoms with van der Waals surface area (Å²) in [4.78, 5) is 12.8. The molecule has 5 heteroatoms. The number of rotatable bonds is 3. The van der Waals surface area contributed by atoms with Crippen molar-refractivity contribution in [3.05, 3.63) is 0 Å². The number of nitrogens with zero attached hydrogens (tertiary/aromatic N) is 2. The Balaban J connectivity index is 2.68. The van der Waals surface area contributed by atoms with Gasteiger partial charge in [-0.2, -0.15) is 5.26 Å². The normalized spacial score (nSPS) is 26.6. The fourth-order valence-electron chi connectivity index (χ4n) is 1.82. The molecule has 1 rings (SSSR count). The van der Waals surface area contributed by atoms with Crippen molar-refractivity contribution in [2.75, 3.05) is 19.6 Å². The van der Waals surface area contributed by atoms with Gasteiger partial charge in [0.1, 0.15) is 6.04 Å². The minimum atomic E-state index is -0.808. The van der Waals surface area contributed by atoms with E-state index in [0.717, 1.165) is 13.1 Å². The fourth-order valence-corrected chi connectivity index (χ4v) is 1.82. The van der Waals surface area contributed by atoms with Gasteiger partial charge in [-0.3, -0.25) is 9.69 Å². The SMILES string of the molecule is CC(C(=O)O)C(C)N1CCNCC1C#N. The zero-order valence-electron chi connectivity index (χ0n) is 9.10. The maximum atomic E-state index is 10.9. The minimum absolute atomic E-state index is 0.103. The molecule has 0 aromatic rings. The number of aliphatic carboxylic acids is 1. The molecule has 1 saturated heterocycles. The molecule has 0 aromatic carbocycles. The predicted molar refractivity (Wildman–Crippen MR) is 55.2 cm³/mol. The van der Waals surface area contributed by atoms with E-state index in [1.807, 2.05) is 11.8 Å². The number of hydrogen-bond acceptors (Lipinski definition) is 4. The van der Waals surface area contributed by atoms with Crippen molar-refractivity contribution in [1.29, 1.82) is 5.26 Å². The molecular weight excluding hydrogens is 194 g/mol. The third-order valence-electron chi connectivity index (χ3n) is 3.07. The Bertz CT molecular complexity index is 274. The van der Waals surface area contributed by atoms with Crippen LogP contribution in [0.15, 0.2) is 0 Å². The van der Waals surface area contributed by atoms with Crippen molar-refractivity contribution >= 4 is 5.97 Å². The molecule has 3 atom stereocenters. The first-order valence-electron chi connectivity index (χ1n) is 5.16. The van der Waals surface area contributed by atoms with Gasteiger partial charge < -0.3 is 10.4 Å². The van der Waals surface area contributed by atoms with Gasteiger partial charge in [-0.1, -0.05) is 6.92 Å². The molecule has 0 saturated carbocycles. The molecule has 0 amide bonds. The number of carboxylic acids is 1. The van der Waals surface area contributed by atoms with Crippen LogP contribution in [-0.4, -0.2) is 47.7 Å². The Morgan fingerprint density at radius 3 is 2.87 bits per heavy atom. The molecular formula is C10H17N3O2. The first kappa shape index (κ1) is 12.0. The smallest absolute Gasteiger partial charge is 0.307 e. The van der Waals surface area contributed by atoms with Gasteiger partial charge in [-0.25, -0.2) is 0 Å².